The molecule has 1 aliphatic heterocycles. The molecule has 1 aromatic heterocycles. The fourth-order valence-electron chi connectivity index (χ4n) is 2.75. The first-order chi connectivity index (χ1) is 12.1. The molecule has 1 aromatic carbocycles. The summed E-state index contributed by atoms with van der Waals surface area (Å²) >= 11 is 0. The number of hydrogen-bond acceptors (Lipinski definition) is 5. The van der Waals surface area contributed by atoms with Crippen molar-refractivity contribution in [1.29, 1.82) is 0 Å². The Morgan fingerprint density at radius 2 is 2.16 bits per heavy atom. The lowest BCUT2D eigenvalue weighted by atomic mass is 10.2. The number of carbonyl (C=O) groups is 1. The van der Waals surface area contributed by atoms with Gasteiger partial charge in [-0.1, -0.05) is 23.0 Å². The highest BCUT2D eigenvalue weighted by atomic mass is 16.7. The fraction of sp³-hybridized carbons (Fsp3) is 0.529. The van der Waals surface area contributed by atoms with Gasteiger partial charge < -0.3 is 24.9 Å². The zero-order chi connectivity index (χ0) is 17.6. The van der Waals surface area contributed by atoms with Crippen LogP contribution in [0.2, 0.25) is 0 Å². The molecule has 0 spiro atoms. The number of nitrogens with zero attached hydrogens (tertiary/aromatic N) is 3. The van der Waals surface area contributed by atoms with Crippen LogP contribution in [0.3, 0.4) is 0 Å². The average molecular weight is 348 g/mol. The minimum atomic E-state index is -0.687. The Balaban J connectivity index is 1.42. The molecule has 0 bridgehead atoms. The molecule has 2 heterocycles. The maximum Gasteiger partial charge on any atom is 0.317 e. The van der Waals surface area contributed by atoms with Crippen LogP contribution in [0, 0.1) is 6.92 Å². The predicted octanol–water partition coefficient (Wildman–Crippen LogP) is 0.566. The number of aryl methyl sites for hydroxylation is 1. The number of aliphatic hydroxyl groups is 1. The monoisotopic (exact) mass is 348 g/mol. The lowest BCUT2D eigenvalue weighted by Crippen LogP contribution is -2.46. The smallest absolute Gasteiger partial charge is 0.317 e. The summed E-state index contributed by atoms with van der Waals surface area (Å²) in [6, 6.07) is 7.65. The fourth-order valence-corrected chi connectivity index (χ4v) is 2.75. The van der Waals surface area contributed by atoms with E-state index < -0.39 is 6.10 Å². The number of morpholine rings is 1. The maximum atomic E-state index is 11.9. The zero-order valence-electron chi connectivity index (χ0n) is 14.4. The van der Waals surface area contributed by atoms with Gasteiger partial charge in [0, 0.05) is 25.0 Å². The van der Waals surface area contributed by atoms with Crippen LogP contribution in [0.1, 0.15) is 12.1 Å². The van der Waals surface area contributed by atoms with Gasteiger partial charge in [0.2, 0.25) is 0 Å². The van der Waals surface area contributed by atoms with E-state index in [0.717, 1.165) is 16.6 Å². The Morgan fingerprint density at radius 3 is 2.96 bits per heavy atom. The summed E-state index contributed by atoms with van der Waals surface area (Å²) in [5.74, 6) is 0. The summed E-state index contributed by atoms with van der Waals surface area (Å²) in [6.07, 6.45) is -0.276. The van der Waals surface area contributed by atoms with E-state index in [4.69, 9.17) is 9.57 Å². The molecule has 1 saturated heterocycles. The standard InChI is InChI=1S/C17H24N4O4/c1-13-15-4-2-3-5-16(15)21(19-13)25-12-14(22)6-7-18-17(23)20-8-10-24-11-9-20/h2-5,14,22H,6-12H2,1H3,(H,18,23)/t14-/m0/s1. The molecule has 0 unspecified atom stereocenters. The van der Waals surface area contributed by atoms with Crippen molar-refractivity contribution < 1.29 is 19.5 Å². The third-order valence-corrected chi connectivity index (χ3v) is 4.18. The van der Waals surface area contributed by atoms with Crippen LogP contribution in [0.4, 0.5) is 4.79 Å². The lowest BCUT2D eigenvalue weighted by Gasteiger charge is -2.27. The van der Waals surface area contributed by atoms with Crippen LogP contribution in [-0.2, 0) is 4.74 Å². The Labute approximate surface area is 146 Å². The SMILES string of the molecule is Cc1nn(OC[C@@H](O)CCNC(=O)N2CCOCC2)c2ccccc12. The Hall–Kier alpha value is -2.32. The number of carbonyl (C=O) groups excluding carboxylic acids is 1. The number of para-hydroxylation sites is 1. The second-order valence-electron chi connectivity index (χ2n) is 6.05. The van der Waals surface area contributed by atoms with Crippen LogP contribution < -0.4 is 10.2 Å². The van der Waals surface area contributed by atoms with Crippen LogP contribution in [0.15, 0.2) is 24.3 Å². The minimum absolute atomic E-state index is 0.110. The van der Waals surface area contributed by atoms with E-state index in [2.05, 4.69) is 10.4 Å². The topological polar surface area (TPSA) is 88.8 Å². The van der Waals surface area contributed by atoms with Gasteiger partial charge in [-0.15, -0.1) is 5.10 Å². The Kier molecular flexibility index (Phi) is 5.72. The molecular weight excluding hydrogens is 324 g/mol. The first-order valence-corrected chi connectivity index (χ1v) is 8.51. The summed E-state index contributed by atoms with van der Waals surface area (Å²) in [6.45, 7) is 4.76. The van der Waals surface area contributed by atoms with Gasteiger partial charge >= 0.3 is 6.03 Å². The third kappa shape index (κ3) is 4.40. The van der Waals surface area contributed by atoms with Gasteiger partial charge in [0.05, 0.1) is 25.0 Å². The number of ether oxygens (including phenoxy) is 1. The number of hydrogen-bond donors (Lipinski definition) is 2. The molecule has 1 fully saturated rings. The lowest BCUT2D eigenvalue weighted by molar-refractivity contribution is 0.0132. The van der Waals surface area contributed by atoms with Gasteiger partial charge in [-0.05, 0) is 19.4 Å². The number of amides is 2. The predicted molar refractivity (Wildman–Crippen MR) is 92.3 cm³/mol. The third-order valence-electron chi connectivity index (χ3n) is 4.18. The van der Waals surface area contributed by atoms with Crippen molar-refractivity contribution in [2.75, 3.05) is 39.5 Å². The molecule has 1 aliphatic rings. The summed E-state index contributed by atoms with van der Waals surface area (Å²) in [5.41, 5.74) is 1.75. The Bertz CT molecular complexity index is 712. The molecule has 3 rings (SSSR count). The second kappa shape index (κ2) is 8.17. The number of nitrogens with one attached hydrogen (secondary N) is 1. The van der Waals surface area contributed by atoms with Gasteiger partial charge in [-0.2, -0.15) is 0 Å². The summed E-state index contributed by atoms with van der Waals surface area (Å²) in [4.78, 5) is 20.7. The van der Waals surface area contributed by atoms with E-state index in [1.54, 1.807) is 4.90 Å². The molecule has 25 heavy (non-hydrogen) atoms. The van der Waals surface area contributed by atoms with E-state index in [-0.39, 0.29) is 12.6 Å². The van der Waals surface area contributed by atoms with Crippen molar-refractivity contribution in [3.05, 3.63) is 30.0 Å². The van der Waals surface area contributed by atoms with Crippen LogP contribution >= 0.6 is 0 Å². The van der Waals surface area contributed by atoms with Gasteiger partial charge in [-0.3, -0.25) is 0 Å². The highest BCUT2D eigenvalue weighted by Crippen LogP contribution is 2.16. The maximum absolute atomic E-state index is 11.9. The van der Waals surface area contributed by atoms with E-state index in [0.29, 0.717) is 39.3 Å². The van der Waals surface area contributed by atoms with Crippen LogP contribution in [0.25, 0.3) is 10.9 Å². The molecule has 2 amide bonds. The van der Waals surface area contributed by atoms with Gasteiger partial charge in [0.25, 0.3) is 0 Å². The first kappa shape index (κ1) is 17.5. The molecule has 0 saturated carbocycles. The molecule has 136 valence electrons. The number of benzene rings is 1. The molecule has 8 nitrogen and oxygen atoms in total. The number of aromatic nitrogens is 2. The summed E-state index contributed by atoms with van der Waals surface area (Å²) < 4.78 is 5.21. The molecular formula is C17H24N4O4. The van der Waals surface area contributed by atoms with Crippen molar-refractivity contribution in [1.82, 2.24) is 20.2 Å². The molecule has 0 aliphatic carbocycles. The van der Waals surface area contributed by atoms with E-state index in [1.807, 2.05) is 31.2 Å². The van der Waals surface area contributed by atoms with Crippen LogP contribution in [0.5, 0.6) is 0 Å². The largest absolute Gasteiger partial charge is 0.393 e. The van der Waals surface area contributed by atoms with E-state index >= 15 is 0 Å². The molecule has 2 N–H and O–H groups in total. The average Bonchev–Trinajstić information content (AvgIpc) is 2.97. The van der Waals surface area contributed by atoms with Gasteiger partial charge in [-0.25, -0.2) is 4.79 Å². The van der Waals surface area contributed by atoms with Crippen molar-refractivity contribution in [3.63, 3.8) is 0 Å². The number of urea groups is 1. The number of aliphatic hydroxyl groups excluding tert-OH is 1. The molecule has 2 aromatic rings. The Morgan fingerprint density at radius 1 is 1.40 bits per heavy atom. The summed E-state index contributed by atoms with van der Waals surface area (Å²) in [5, 5.41) is 18.2. The number of rotatable bonds is 6. The van der Waals surface area contributed by atoms with Crippen LogP contribution in [-0.4, -0.2) is 71.5 Å². The van der Waals surface area contributed by atoms with Crippen molar-refractivity contribution in [2.45, 2.75) is 19.4 Å². The minimum Gasteiger partial charge on any atom is -0.393 e. The van der Waals surface area contributed by atoms with Crippen molar-refractivity contribution >= 4 is 16.9 Å². The molecule has 0 radical (unpaired) electrons. The normalized spacial score (nSPS) is 16.0. The van der Waals surface area contributed by atoms with Gasteiger partial charge in [0.1, 0.15) is 12.1 Å². The highest BCUT2D eigenvalue weighted by molar-refractivity contribution is 5.81. The zero-order valence-corrected chi connectivity index (χ0v) is 14.4. The van der Waals surface area contributed by atoms with Crippen molar-refractivity contribution in [3.8, 4) is 0 Å². The molecule has 8 heteroatoms. The summed E-state index contributed by atoms with van der Waals surface area (Å²) in [7, 11) is 0. The quantitative estimate of drug-likeness (QED) is 0.797. The van der Waals surface area contributed by atoms with E-state index in [9.17, 15) is 9.90 Å². The molecule has 1 atom stereocenters. The second-order valence-corrected chi connectivity index (χ2v) is 6.05. The highest BCUT2D eigenvalue weighted by Gasteiger charge is 2.16. The van der Waals surface area contributed by atoms with Gasteiger partial charge in [0.15, 0.2) is 0 Å². The van der Waals surface area contributed by atoms with E-state index in [1.165, 1.54) is 4.85 Å². The first-order valence-electron chi connectivity index (χ1n) is 8.51. The number of fused-ring (bicyclic) bond motifs is 1. The van der Waals surface area contributed by atoms with Crippen molar-refractivity contribution in [2.24, 2.45) is 0 Å².